The normalized spacial score (nSPS) is 14.8. The molecule has 3 aromatic carbocycles. The van der Waals surface area contributed by atoms with Gasteiger partial charge in [0.1, 0.15) is 5.82 Å². The molecule has 7 nitrogen and oxygen atoms in total. The smallest absolute Gasteiger partial charge is 0.307 e. The number of likely N-dealkylation sites (tertiary alicyclic amines) is 1. The van der Waals surface area contributed by atoms with Gasteiger partial charge >= 0.3 is 5.97 Å². The van der Waals surface area contributed by atoms with Crippen molar-refractivity contribution in [1.29, 1.82) is 0 Å². The van der Waals surface area contributed by atoms with Gasteiger partial charge in [0.15, 0.2) is 5.69 Å². The molecule has 4 aromatic rings. The molecule has 1 aliphatic heterocycles. The van der Waals surface area contributed by atoms with Crippen LogP contribution in [-0.2, 0) is 16.8 Å². The molecule has 0 radical (unpaired) electrons. The van der Waals surface area contributed by atoms with Crippen molar-refractivity contribution >= 4 is 35.1 Å². The van der Waals surface area contributed by atoms with Crippen molar-refractivity contribution in [3.8, 4) is 16.9 Å². The van der Waals surface area contributed by atoms with E-state index in [1.54, 1.807) is 66.7 Å². The number of rotatable bonds is 6. The van der Waals surface area contributed by atoms with Crippen LogP contribution in [0, 0.1) is 5.82 Å². The van der Waals surface area contributed by atoms with E-state index in [-0.39, 0.29) is 42.8 Å². The van der Waals surface area contributed by atoms with Crippen molar-refractivity contribution < 1.29 is 24.2 Å². The highest BCUT2D eigenvalue weighted by Gasteiger charge is 2.39. The molecule has 10 heteroatoms. The maximum Gasteiger partial charge on any atom is 0.307 e. The zero-order chi connectivity index (χ0) is 27.7. The Bertz CT molecular complexity index is 1550. The van der Waals surface area contributed by atoms with Crippen LogP contribution in [0.4, 0.5) is 4.39 Å². The first kappa shape index (κ1) is 26.9. The number of para-hydroxylation sites is 1. The van der Waals surface area contributed by atoms with E-state index in [0.717, 1.165) is 0 Å². The highest BCUT2D eigenvalue weighted by atomic mass is 35.5. The second-order valence-corrected chi connectivity index (χ2v) is 10.3. The van der Waals surface area contributed by atoms with Crippen LogP contribution in [-0.4, -0.2) is 49.9 Å². The number of hydrogen-bond donors (Lipinski definition) is 2. The largest absolute Gasteiger partial charge is 0.481 e. The molecule has 1 fully saturated rings. The number of nitrogens with zero attached hydrogens (tertiary/aromatic N) is 3. The van der Waals surface area contributed by atoms with Crippen molar-refractivity contribution in [2.45, 2.75) is 24.9 Å². The number of carboxylic acids is 1. The van der Waals surface area contributed by atoms with Gasteiger partial charge in [0.25, 0.3) is 5.91 Å². The number of carbonyl (C=O) groups excluding carboxylic acids is 1. The average molecular weight is 568 g/mol. The topological polar surface area (TPSA) is 95.7 Å². The molecule has 1 aliphatic rings. The van der Waals surface area contributed by atoms with Gasteiger partial charge in [-0.05, 0) is 43.2 Å². The second-order valence-electron chi connectivity index (χ2n) is 9.42. The number of piperidine rings is 1. The van der Waals surface area contributed by atoms with Gasteiger partial charge in [-0.15, -0.1) is 0 Å². The number of hydrogen-bond acceptors (Lipinski definition) is 4. The number of halogens is 3. The molecule has 39 heavy (non-hydrogen) atoms. The third-order valence-corrected chi connectivity index (χ3v) is 7.54. The lowest BCUT2D eigenvalue weighted by molar-refractivity contribution is -0.136. The molecular weight excluding hydrogens is 544 g/mol. The molecule has 0 atom stereocenters. The summed E-state index contributed by atoms with van der Waals surface area (Å²) in [4.78, 5) is 27.3. The van der Waals surface area contributed by atoms with Gasteiger partial charge in [-0.25, -0.2) is 9.07 Å². The number of amides is 1. The first-order valence-electron chi connectivity index (χ1n) is 12.3. The zero-order valence-electron chi connectivity index (χ0n) is 20.7. The number of aromatic nitrogens is 2. The van der Waals surface area contributed by atoms with Crippen LogP contribution in [0.1, 0.15) is 34.5 Å². The molecule has 200 valence electrons. The minimum atomic E-state index is -1.42. The van der Waals surface area contributed by atoms with Crippen molar-refractivity contribution in [2.75, 3.05) is 13.1 Å². The summed E-state index contributed by atoms with van der Waals surface area (Å²) in [5, 5.41) is 26.4. The van der Waals surface area contributed by atoms with Crippen LogP contribution in [0.3, 0.4) is 0 Å². The van der Waals surface area contributed by atoms with Crippen LogP contribution >= 0.6 is 23.2 Å². The predicted octanol–water partition coefficient (Wildman–Crippen LogP) is 5.74. The van der Waals surface area contributed by atoms with Gasteiger partial charge in [-0.3, -0.25) is 9.59 Å². The molecule has 0 spiro atoms. The number of carbonyl (C=O) groups is 2. The van der Waals surface area contributed by atoms with E-state index in [1.807, 2.05) is 0 Å². The summed E-state index contributed by atoms with van der Waals surface area (Å²) < 4.78 is 15.9. The van der Waals surface area contributed by atoms with E-state index < -0.39 is 29.7 Å². The quantitative estimate of drug-likeness (QED) is 0.310. The van der Waals surface area contributed by atoms with Crippen LogP contribution in [0.5, 0.6) is 0 Å². The summed E-state index contributed by atoms with van der Waals surface area (Å²) >= 11 is 12.6. The van der Waals surface area contributed by atoms with Crippen LogP contribution in [0.2, 0.25) is 10.0 Å². The van der Waals surface area contributed by atoms with Crippen LogP contribution in [0.25, 0.3) is 16.9 Å². The van der Waals surface area contributed by atoms with E-state index in [4.69, 9.17) is 23.2 Å². The van der Waals surface area contributed by atoms with Gasteiger partial charge in [0.05, 0.1) is 28.4 Å². The lowest BCUT2D eigenvalue weighted by Crippen LogP contribution is -2.45. The van der Waals surface area contributed by atoms with E-state index in [9.17, 15) is 24.2 Å². The molecule has 1 aromatic heterocycles. The first-order chi connectivity index (χ1) is 18.7. The molecule has 0 saturated carbocycles. The number of aliphatic carboxylic acids is 1. The van der Waals surface area contributed by atoms with Gasteiger partial charge in [-0.2, -0.15) is 5.10 Å². The fourth-order valence-electron chi connectivity index (χ4n) is 4.98. The average Bonchev–Trinajstić information content (AvgIpc) is 3.27. The predicted molar refractivity (Wildman–Crippen MR) is 146 cm³/mol. The fraction of sp³-hybridized carbons (Fsp3) is 0.207. The lowest BCUT2D eigenvalue weighted by atomic mass is 9.84. The van der Waals surface area contributed by atoms with E-state index >= 15 is 0 Å². The van der Waals surface area contributed by atoms with Gasteiger partial charge < -0.3 is 15.1 Å². The summed E-state index contributed by atoms with van der Waals surface area (Å²) in [6, 6.07) is 19.8. The Morgan fingerprint density at radius 3 is 2.23 bits per heavy atom. The molecule has 5 rings (SSSR count). The molecular formula is C29H24Cl2FN3O4. The first-order valence-corrected chi connectivity index (χ1v) is 13.0. The Kier molecular flexibility index (Phi) is 7.44. The monoisotopic (exact) mass is 567 g/mol. The number of benzene rings is 3. The fourth-order valence-corrected chi connectivity index (χ4v) is 5.32. The zero-order valence-corrected chi connectivity index (χ0v) is 22.2. The molecule has 1 saturated heterocycles. The maximum absolute atomic E-state index is 14.4. The summed E-state index contributed by atoms with van der Waals surface area (Å²) in [6.45, 7) is 0.261. The molecule has 2 N–H and O–H groups in total. The van der Waals surface area contributed by atoms with E-state index in [0.29, 0.717) is 27.0 Å². The van der Waals surface area contributed by atoms with Gasteiger partial charge in [-0.1, -0.05) is 65.7 Å². The second kappa shape index (κ2) is 10.8. The highest BCUT2D eigenvalue weighted by Crippen LogP contribution is 2.37. The maximum atomic E-state index is 14.4. The Balaban J connectivity index is 1.57. The lowest BCUT2D eigenvalue weighted by Gasteiger charge is -2.38. The van der Waals surface area contributed by atoms with E-state index in [1.165, 1.54) is 15.6 Å². The molecule has 0 aliphatic carbocycles. The Morgan fingerprint density at radius 2 is 1.59 bits per heavy atom. The molecule has 1 amide bonds. The van der Waals surface area contributed by atoms with E-state index in [2.05, 4.69) is 5.10 Å². The number of aliphatic hydroxyl groups is 1. The Labute approximate surface area is 234 Å². The van der Waals surface area contributed by atoms with Crippen molar-refractivity contribution in [2.24, 2.45) is 0 Å². The summed E-state index contributed by atoms with van der Waals surface area (Å²) in [7, 11) is 0. The van der Waals surface area contributed by atoms with Gasteiger partial charge in [0, 0.05) is 34.8 Å². The molecule has 2 heterocycles. The minimum absolute atomic E-state index is 0.0291. The standard InChI is InChI=1S/C29H24Cl2FN3O4/c30-19-11-9-18(10-12-19)27-20(17-25(36)37)26(33-35(27)24-8-4-2-6-22(24)31)28(38)34-15-13-29(39,14-16-34)21-5-1-3-7-23(21)32/h1-12,39H,13-17H2,(H,36,37). The Morgan fingerprint density at radius 1 is 0.949 bits per heavy atom. The summed E-state index contributed by atoms with van der Waals surface area (Å²) in [6.07, 6.45) is -0.233. The third kappa shape index (κ3) is 5.28. The van der Waals surface area contributed by atoms with Crippen molar-refractivity contribution in [1.82, 2.24) is 14.7 Å². The highest BCUT2D eigenvalue weighted by molar-refractivity contribution is 6.32. The summed E-state index contributed by atoms with van der Waals surface area (Å²) in [5.74, 6) is -2.12. The van der Waals surface area contributed by atoms with Crippen LogP contribution in [0.15, 0.2) is 72.8 Å². The number of carboxylic acid groups (broad SMARTS) is 1. The molecule has 0 unspecified atom stereocenters. The minimum Gasteiger partial charge on any atom is -0.481 e. The summed E-state index contributed by atoms with van der Waals surface area (Å²) in [5.41, 5.74) is 0.458. The third-order valence-electron chi connectivity index (χ3n) is 6.97. The van der Waals surface area contributed by atoms with Crippen molar-refractivity contribution in [3.63, 3.8) is 0 Å². The Hall–Kier alpha value is -3.72. The van der Waals surface area contributed by atoms with Gasteiger partial charge in [0.2, 0.25) is 0 Å². The SMILES string of the molecule is O=C(O)Cc1c(C(=O)N2CCC(O)(c3ccccc3F)CC2)nn(-c2ccccc2Cl)c1-c1ccc(Cl)cc1. The molecule has 0 bridgehead atoms. The van der Waals surface area contributed by atoms with Crippen molar-refractivity contribution in [3.05, 3.63) is 105 Å². The van der Waals surface area contributed by atoms with Crippen LogP contribution < -0.4 is 0 Å².